The molecule has 0 radical (unpaired) electrons. The minimum atomic E-state index is -1.32. The molecule has 4 amide bonds. The fourth-order valence-electron chi connectivity index (χ4n) is 7.91. The molecule has 5 aromatic rings. The lowest BCUT2D eigenvalue weighted by Gasteiger charge is -2.32. The third-order valence-corrected chi connectivity index (χ3v) is 11.5. The number of amides is 4. The van der Waals surface area contributed by atoms with E-state index in [0.717, 1.165) is 36.0 Å². The highest BCUT2D eigenvalue weighted by molar-refractivity contribution is 5.99. The normalized spacial score (nSPS) is 16.5. The zero-order valence-electron chi connectivity index (χ0n) is 37.8. The lowest BCUT2D eigenvalue weighted by molar-refractivity contribution is -0.141. The lowest BCUT2D eigenvalue weighted by atomic mass is 9.93. The Morgan fingerprint density at radius 2 is 1.52 bits per heavy atom. The number of carbonyl (C=O) groups is 4. The van der Waals surface area contributed by atoms with E-state index in [1.165, 1.54) is 30.6 Å². The topological polar surface area (TPSA) is 257 Å². The fourth-order valence-corrected chi connectivity index (χ4v) is 7.91. The molecule has 1 aliphatic rings. The molecule has 16 nitrogen and oxygen atoms in total. The Kier molecular flexibility index (Phi) is 17.0. The van der Waals surface area contributed by atoms with Crippen LogP contribution in [0.1, 0.15) is 90.2 Å². The maximum atomic E-state index is 14.8. The second-order valence-corrected chi connectivity index (χ2v) is 16.3. The van der Waals surface area contributed by atoms with Crippen LogP contribution in [0.25, 0.3) is 22.3 Å². The van der Waals surface area contributed by atoms with Gasteiger partial charge in [-0.2, -0.15) is 5.26 Å². The Bertz CT molecular complexity index is 2500. The summed E-state index contributed by atoms with van der Waals surface area (Å²) in [5.74, 6) is -0.993. The van der Waals surface area contributed by atoms with Gasteiger partial charge in [-0.25, -0.2) is 4.98 Å². The highest BCUT2D eigenvalue weighted by Crippen LogP contribution is 2.40. The number of nitriles is 1. The third-order valence-electron chi connectivity index (χ3n) is 11.5. The van der Waals surface area contributed by atoms with Gasteiger partial charge in [0.2, 0.25) is 17.7 Å². The first-order valence-electron chi connectivity index (χ1n) is 22.4. The minimum Gasteiger partial charge on any atom is -0.492 e. The van der Waals surface area contributed by atoms with Crippen molar-refractivity contribution < 1.29 is 28.7 Å². The van der Waals surface area contributed by atoms with Crippen molar-refractivity contribution in [1.82, 2.24) is 30.8 Å². The van der Waals surface area contributed by atoms with E-state index in [-0.39, 0.29) is 51.4 Å². The van der Waals surface area contributed by atoms with Gasteiger partial charge >= 0.3 is 0 Å². The van der Waals surface area contributed by atoms with Gasteiger partial charge in [-0.05, 0) is 110 Å². The van der Waals surface area contributed by atoms with Crippen LogP contribution in [0.5, 0.6) is 11.5 Å². The third kappa shape index (κ3) is 12.0. The fraction of sp³-hybridized carbons (Fsp3) is 0.360. The average Bonchev–Trinajstić information content (AvgIpc) is 3.83. The molecule has 0 aliphatic carbocycles. The summed E-state index contributed by atoms with van der Waals surface area (Å²) in [7, 11) is 1.49. The number of unbranched alkanes of at least 4 members (excludes halogenated alkanes) is 1. The number of aromatic amines is 1. The molecule has 346 valence electrons. The molecule has 0 fully saturated rings. The maximum Gasteiger partial charge on any atom is 0.251 e. The standard InChI is InChI=1S/C50H60N10O6/c1-4-5-7-32-9-12-34(13-10-32)35-14-16-36(17-15-35)48(62)58-41(8-6-21-51)50(64)60(3)45-37-18-20-44(66-25-23-53)40(28-37)39-26-33(11-19-43(39)65-24-22-52)27-42(46-55-30-38(29-54)57-46)59-47(61)31(2)56-49(45)63/h9-20,26,28,30-31,41-42,45H,4-8,21-25,27,51-53H2,1-3H3,(H,55,57)(H,56,63)(H,58,62)(H,59,61)/t31-,41-,42-,45-/m0/s1. The van der Waals surface area contributed by atoms with E-state index in [9.17, 15) is 24.4 Å². The molecule has 66 heavy (non-hydrogen) atoms. The van der Waals surface area contributed by atoms with Crippen molar-refractivity contribution in [3.8, 4) is 39.8 Å². The van der Waals surface area contributed by atoms with Crippen LogP contribution >= 0.6 is 0 Å². The van der Waals surface area contributed by atoms with Gasteiger partial charge in [-0.3, -0.25) is 19.2 Å². The largest absolute Gasteiger partial charge is 0.492 e. The maximum absolute atomic E-state index is 14.8. The number of aromatic nitrogens is 2. The molecule has 4 atom stereocenters. The van der Waals surface area contributed by atoms with Gasteiger partial charge in [-0.1, -0.05) is 61.9 Å². The van der Waals surface area contributed by atoms with Gasteiger partial charge in [0, 0.05) is 36.8 Å². The van der Waals surface area contributed by atoms with Crippen molar-refractivity contribution in [3.05, 3.63) is 125 Å². The van der Waals surface area contributed by atoms with Gasteiger partial charge in [0.05, 0.1) is 12.2 Å². The van der Waals surface area contributed by atoms with Crippen molar-refractivity contribution in [2.75, 3.05) is 39.9 Å². The molecule has 1 aromatic heterocycles. The molecule has 4 bridgehead atoms. The quantitative estimate of drug-likeness (QED) is 0.0640. The van der Waals surface area contributed by atoms with Crippen LogP contribution in [-0.4, -0.2) is 90.5 Å². The zero-order chi connectivity index (χ0) is 47.2. The predicted molar refractivity (Wildman–Crippen MR) is 252 cm³/mol. The van der Waals surface area contributed by atoms with E-state index in [1.54, 1.807) is 36.4 Å². The van der Waals surface area contributed by atoms with E-state index >= 15 is 0 Å². The van der Waals surface area contributed by atoms with Gasteiger partial charge < -0.3 is 52.5 Å². The molecule has 10 N–H and O–H groups in total. The molecule has 2 heterocycles. The van der Waals surface area contributed by atoms with Gasteiger partial charge in [-0.15, -0.1) is 0 Å². The number of benzene rings is 4. The van der Waals surface area contributed by atoms with Crippen LogP contribution in [0.3, 0.4) is 0 Å². The summed E-state index contributed by atoms with van der Waals surface area (Å²) in [6.07, 6.45) is 5.48. The first-order valence-corrected chi connectivity index (χ1v) is 22.4. The minimum absolute atomic E-state index is 0.177. The van der Waals surface area contributed by atoms with Crippen molar-refractivity contribution in [2.45, 2.75) is 76.5 Å². The number of H-pyrrole nitrogens is 1. The molecule has 0 unspecified atom stereocenters. The highest BCUT2D eigenvalue weighted by Gasteiger charge is 2.36. The Morgan fingerprint density at radius 1 is 0.864 bits per heavy atom. The molecule has 0 spiro atoms. The van der Waals surface area contributed by atoms with Crippen molar-refractivity contribution in [2.24, 2.45) is 17.2 Å². The van der Waals surface area contributed by atoms with Crippen molar-refractivity contribution >= 4 is 23.6 Å². The molecular weight excluding hydrogens is 837 g/mol. The van der Waals surface area contributed by atoms with Crippen LogP contribution < -0.4 is 42.6 Å². The summed E-state index contributed by atoms with van der Waals surface area (Å²) >= 11 is 0. The van der Waals surface area contributed by atoms with E-state index in [2.05, 4.69) is 57.1 Å². The number of hydrogen-bond donors (Lipinski definition) is 7. The average molecular weight is 897 g/mol. The first-order chi connectivity index (χ1) is 32.0. The van der Waals surface area contributed by atoms with E-state index < -0.39 is 47.8 Å². The van der Waals surface area contributed by atoms with Crippen LogP contribution in [0.4, 0.5) is 0 Å². The summed E-state index contributed by atoms with van der Waals surface area (Å²) in [5, 5.41) is 18.3. The van der Waals surface area contributed by atoms with Crippen molar-refractivity contribution in [3.63, 3.8) is 0 Å². The number of aryl methyl sites for hydroxylation is 1. The number of fused-ring (bicyclic) bond motifs is 5. The summed E-state index contributed by atoms with van der Waals surface area (Å²) in [6, 6.07) is 24.0. The molecule has 4 aromatic carbocycles. The number of ether oxygens (including phenoxy) is 2. The van der Waals surface area contributed by atoms with Gasteiger partial charge in [0.15, 0.2) is 0 Å². The Labute approximate surface area is 385 Å². The smallest absolute Gasteiger partial charge is 0.251 e. The SMILES string of the molecule is CCCCc1ccc(-c2ccc(C(=O)N[C@@H](CCCN)C(=O)N(C)[C@@H]3C(=O)N[C@@H](C)C(=O)N[C@H](c4ncc(C#N)[nH]4)Cc4ccc(OCCN)c(c4)-c4cc3ccc4OCCN)cc2)cc1. The van der Waals surface area contributed by atoms with Crippen LogP contribution in [0.15, 0.2) is 91.1 Å². The molecule has 6 rings (SSSR count). The zero-order valence-corrected chi connectivity index (χ0v) is 37.8. The lowest BCUT2D eigenvalue weighted by Crippen LogP contribution is -2.53. The van der Waals surface area contributed by atoms with Crippen LogP contribution in [0, 0.1) is 11.3 Å². The van der Waals surface area contributed by atoms with Crippen LogP contribution in [-0.2, 0) is 27.2 Å². The van der Waals surface area contributed by atoms with E-state index in [4.69, 9.17) is 26.7 Å². The number of carbonyl (C=O) groups excluding carboxylic acids is 4. The number of nitrogens with one attached hydrogen (secondary N) is 4. The van der Waals surface area contributed by atoms with E-state index in [0.29, 0.717) is 46.0 Å². The number of nitrogens with zero attached hydrogens (tertiary/aromatic N) is 3. The molecule has 0 saturated heterocycles. The summed E-state index contributed by atoms with van der Waals surface area (Å²) in [6.45, 7) is 4.79. The van der Waals surface area contributed by atoms with E-state index in [1.807, 2.05) is 30.3 Å². The number of rotatable bonds is 18. The van der Waals surface area contributed by atoms with Gasteiger partial charge in [0.1, 0.15) is 60.4 Å². The highest BCUT2D eigenvalue weighted by atomic mass is 16.5. The second-order valence-electron chi connectivity index (χ2n) is 16.3. The Morgan fingerprint density at radius 3 is 2.14 bits per heavy atom. The number of hydrogen-bond acceptors (Lipinski definition) is 11. The molecule has 0 saturated carbocycles. The summed E-state index contributed by atoms with van der Waals surface area (Å²) in [5.41, 5.74) is 23.7. The second kappa shape index (κ2) is 23.2. The Hall–Kier alpha value is -7.06. The number of likely N-dealkylation sites (N-methyl/N-ethyl adjacent to an activating group) is 1. The summed E-state index contributed by atoms with van der Waals surface area (Å²) < 4.78 is 12.3. The molecular formula is C50H60N10O6. The van der Waals surface area contributed by atoms with Gasteiger partial charge in [0.25, 0.3) is 5.91 Å². The Balaban J connectivity index is 1.37. The monoisotopic (exact) mass is 896 g/mol. The molecule has 16 heteroatoms. The van der Waals surface area contributed by atoms with Crippen LogP contribution in [0.2, 0.25) is 0 Å². The van der Waals surface area contributed by atoms with Crippen molar-refractivity contribution in [1.29, 1.82) is 5.26 Å². The predicted octanol–water partition coefficient (Wildman–Crippen LogP) is 4.59. The summed E-state index contributed by atoms with van der Waals surface area (Å²) in [4.78, 5) is 65.9. The number of nitrogens with two attached hydrogens (primary N) is 3. The number of imidazole rings is 1. The molecule has 1 aliphatic heterocycles. The first kappa shape index (κ1) is 48.4.